The number of benzene rings is 1. The summed E-state index contributed by atoms with van der Waals surface area (Å²) >= 11 is 0. The van der Waals surface area contributed by atoms with Gasteiger partial charge in [0.15, 0.2) is 0 Å². The molecule has 6 heteroatoms. The van der Waals surface area contributed by atoms with E-state index in [1.165, 1.54) is 19.3 Å². The zero-order chi connectivity index (χ0) is 22.3. The first-order valence-corrected chi connectivity index (χ1v) is 11.4. The lowest BCUT2D eigenvalue weighted by Gasteiger charge is -2.39. The van der Waals surface area contributed by atoms with E-state index < -0.39 is 6.04 Å². The van der Waals surface area contributed by atoms with E-state index in [-0.39, 0.29) is 23.3 Å². The average Bonchev–Trinajstić information content (AvgIpc) is 3.05. The lowest BCUT2D eigenvalue weighted by Crippen LogP contribution is -2.52. The molecule has 1 aromatic carbocycles. The normalized spacial score (nSPS) is 22.0. The molecule has 0 saturated heterocycles. The molecule has 2 amide bonds. The van der Waals surface area contributed by atoms with Gasteiger partial charge in [-0.15, -0.1) is 0 Å². The minimum atomic E-state index is -0.597. The van der Waals surface area contributed by atoms with Gasteiger partial charge in [0.25, 0.3) is 5.91 Å². The Kier molecular flexibility index (Phi) is 5.67. The van der Waals surface area contributed by atoms with Gasteiger partial charge in [-0.1, -0.05) is 37.0 Å². The molecule has 1 fully saturated rings. The first-order chi connectivity index (χ1) is 14.7. The first kappa shape index (κ1) is 21.6. The minimum Gasteiger partial charge on any atom is -0.340 e. The van der Waals surface area contributed by atoms with Crippen molar-refractivity contribution in [1.82, 2.24) is 15.1 Å². The summed E-state index contributed by atoms with van der Waals surface area (Å²) in [5, 5.41) is 11.0. The van der Waals surface area contributed by atoms with Gasteiger partial charge in [0.1, 0.15) is 11.9 Å². The second-order valence-electron chi connectivity index (χ2n) is 10.2. The molecule has 166 valence electrons. The van der Waals surface area contributed by atoms with Gasteiger partial charge >= 0.3 is 0 Å². The smallest absolute Gasteiger partial charge is 0.251 e. The van der Waals surface area contributed by atoms with Gasteiger partial charge in [-0.05, 0) is 65.5 Å². The minimum absolute atomic E-state index is 0.0612. The van der Waals surface area contributed by atoms with E-state index in [0.29, 0.717) is 11.5 Å². The van der Waals surface area contributed by atoms with E-state index >= 15 is 0 Å². The number of aryl methyl sites for hydroxylation is 2. The summed E-state index contributed by atoms with van der Waals surface area (Å²) in [5.41, 5.74) is 3.39. The van der Waals surface area contributed by atoms with Crippen LogP contribution in [-0.4, -0.2) is 27.6 Å². The number of nitrogens with zero attached hydrogens (tertiary/aromatic N) is 2. The predicted octanol–water partition coefficient (Wildman–Crippen LogP) is 4.67. The number of hydrogen-bond donors (Lipinski definition) is 2. The number of nitrogens with one attached hydrogen (secondary N) is 2. The van der Waals surface area contributed by atoms with Crippen LogP contribution in [0.15, 0.2) is 24.3 Å². The van der Waals surface area contributed by atoms with Crippen molar-refractivity contribution in [3.8, 4) is 0 Å². The van der Waals surface area contributed by atoms with Gasteiger partial charge in [-0.25, -0.2) is 4.68 Å². The number of amides is 2. The Morgan fingerprint density at radius 3 is 2.52 bits per heavy atom. The summed E-state index contributed by atoms with van der Waals surface area (Å²) in [6.07, 6.45) is 5.73. The highest BCUT2D eigenvalue weighted by molar-refractivity contribution is 6.03. The molecule has 1 saturated carbocycles. The molecule has 2 aromatic rings. The van der Waals surface area contributed by atoms with Crippen molar-refractivity contribution in [2.45, 2.75) is 84.2 Å². The zero-order valence-electron chi connectivity index (χ0n) is 19.3. The van der Waals surface area contributed by atoms with Gasteiger partial charge in [0.05, 0.1) is 11.2 Å². The lowest BCUT2D eigenvalue weighted by atomic mass is 9.71. The summed E-state index contributed by atoms with van der Waals surface area (Å²) in [6, 6.07) is 6.90. The van der Waals surface area contributed by atoms with Crippen LogP contribution in [0.1, 0.15) is 86.0 Å². The summed E-state index contributed by atoms with van der Waals surface area (Å²) in [7, 11) is 0. The quantitative estimate of drug-likeness (QED) is 0.755. The Morgan fingerprint density at radius 1 is 1.16 bits per heavy atom. The van der Waals surface area contributed by atoms with Gasteiger partial charge in [-0.2, -0.15) is 5.10 Å². The fraction of sp³-hybridized carbons (Fsp3) is 0.560. The van der Waals surface area contributed by atoms with Crippen LogP contribution in [0.25, 0.3) is 0 Å². The van der Waals surface area contributed by atoms with Crippen LogP contribution in [0.3, 0.4) is 0 Å². The van der Waals surface area contributed by atoms with Gasteiger partial charge in [0, 0.05) is 17.0 Å². The second kappa shape index (κ2) is 8.13. The molecule has 1 unspecified atom stereocenters. The maximum Gasteiger partial charge on any atom is 0.251 e. The highest BCUT2D eigenvalue weighted by Gasteiger charge is 2.45. The fourth-order valence-electron chi connectivity index (χ4n) is 5.24. The van der Waals surface area contributed by atoms with Crippen LogP contribution in [-0.2, 0) is 10.3 Å². The lowest BCUT2D eigenvalue weighted by molar-refractivity contribution is -0.119. The Labute approximate surface area is 184 Å². The molecule has 1 aliphatic carbocycles. The standard InChI is InChI=1S/C25H34N4O2/c1-15-10-9-13-18(14-15)23(30)26-21-20(17-11-7-6-8-12-17)19-16(2)28-29(25(3,4)5)22(19)27-24(21)31/h9-10,13-14,17,20-21H,6-8,11-12H2,1-5H3,(H,26,30)(H,27,31)/t20?,21-/m1/s1. The van der Waals surface area contributed by atoms with Gasteiger partial charge < -0.3 is 10.6 Å². The largest absolute Gasteiger partial charge is 0.340 e. The zero-order valence-corrected chi connectivity index (χ0v) is 19.3. The van der Waals surface area contributed by atoms with E-state index in [9.17, 15) is 9.59 Å². The topological polar surface area (TPSA) is 76.0 Å². The molecule has 1 aliphatic heterocycles. The molecule has 4 rings (SSSR count). The van der Waals surface area contributed by atoms with E-state index in [1.807, 2.05) is 36.7 Å². The Morgan fingerprint density at radius 2 is 1.87 bits per heavy atom. The third-order valence-corrected chi connectivity index (χ3v) is 6.68. The number of fused-ring (bicyclic) bond motifs is 1. The van der Waals surface area contributed by atoms with Crippen molar-refractivity contribution < 1.29 is 9.59 Å². The van der Waals surface area contributed by atoms with Gasteiger partial charge in [0.2, 0.25) is 5.91 Å². The van der Waals surface area contributed by atoms with E-state index in [4.69, 9.17) is 5.10 Å². The molecule has 2 heterocycles. The monoisotopic (exact) mass is 422 g/mol. The molecule has 2 N–H and O–H groups in total. The molecular formula is C25H34N4O2. The maximum absolute atomic E-state index is 13.4. The molecular weight excluding hydrogens is 388 g/mol. The Balaban J connectivity index is 1.75. The summed E-state index contributed by atoms with van der Waals surface area (Å²) in [6.45, 7) is 10.3. The average molecular weight is 423 g/mol. The third-order valence-electron chi connectivity index (χ3n) is 6.68. The maximum atomic E-state index is 13.4. The fourth-order valence-corrected chi connectivity index (χ4v) is 5.24. The number of carbonyl (C=O) groups excluding carboxylic acids is 2. The van der Waals surface area contributed by atoms with Crippen LogP contribution in [0, 0.1) is 19.8 Å². The Hall–Kier alpha value is -2.63. The molecule has 2 atom stereocenters. The summed E-state index contributed by atoms with van der Waals surface area (Å²) in [4.78, 5) is 26.5. The highest BCUT2D eigenvalue weighted by atomic mass is 16.2. The van der Waals surface area contributed by atoms with E-state index in [0.717, 1.165) is 35.5 Å². The number of rotatable bonds is 3. The number of carbonyl (C=O) groups is 2. The SMILES string of the molecule is Cc1cccc(C(=O)N[C@H]2C(=O)Nc3c(c(C)nn3C(C)(C)C)C2C2CCCCC2)c1. The van der Waals surface area contributed by atoms with E-state index in [1.54, 1.807) is 6.07 Å². The number of hydrogen-bond acceptors (Lipinski definition) is 3. The molecule has 2 aliphatic rings. The first-order valence-electron chi connectivity index (χ1n) is 11.4. The van der Waals surface area contributed by atoms with Crippen molar-refractivity contribution in [2.75, 3.05) is 5.32 Å². The molecule has 0 spiro atoms. The van der Waals surface area contributed by atoms with Crippen LogP contribution < -0.4 is 10.6 Å². The van der Waals surface area contributed by atoms with Crippen molar-refractivity contribution in [2.24, 2.45) is 5.92 Å². The molecule has 0 radical (unpaired) electrons. The number of anilines is 1. The van der Waals surface area contributed by atoms with Crippen LogP contribution in [0.5, 0.6) is 0 Å². The van der Waals surface area contributed by atoms with E-state index in [2.05, 4.69) is 31.4 Å². The second-order valence-corrected chi connectivity index (χ2v) is 10.2. The van der Waals surface area contributed by atoms with Crippen LogP contribution in [0.2, 0.25) is 0 Å². The summed E-state index contributed by atoms with van der Waals surface area (Å²) in [5.74, 6) is 0.752. The summed E-state index contributed by atoms with van der Waals surface area (Å²) < 4.78 is 1.93. The van der Waals surface area contributed by atoms with Crippen molar-refractivity contribution in [3.63, 3.8) is 0 Å². The molecule has 1 aromatic heterocycles. The predicted molar refractivity (Wildman–Crippen MR) is 122 cm³/mol. The van der Waals surface area contributed by atoms with Crippen LogP contribution >= 0.6 is 0 Å². The van der Waals surface area contributed by atoms with Crippen molar-refractivity contribution >= 4 is 17.6 Å². The number of aromatic nitrogens is 2. The highest BCUT2D eigenvalue weighted by Crippen LogP contribution is 2.45. The van der Waals surface area contributed by atoms with Crippen molar-refractivity contribution in [3.05, 3.63) is 46.6 Å². The molecule has 0 bridgehead atoms. The van der Waals surface area contributed by atoms with Crippen molar-refractivity contribution in [1.29, 1.82) is 0 Å². The van der Waals surface area contributed by atoms with Gasteiger partial charge in [-0.3, -0.25) is 9.59 Å². The van der Waals surface area contributed by atoms with Crippen LogP contribution in [0.4, 0.5) is 5.82 Å². The molecule has 31 heavy (non-hydrogen) atoms. The molecule has 6 nitrogen and oxygen atoms in total. The Bertz CT molecular complexity index is 995. The third kappa shape index (κ3) is 4.12.